The lowest BCUT2D eigenvalue weighted by Crippen LogP contribution is -2.26. The van der Waals surface area contributed by atoms with E-state index in [2.05, 4.69) is 9.71 Å². The summed E-state index contributed by atoms with van der Waals surface area (Å²) in [6.07, 6.45) is 0. The topological polar surface area (TPSA) is 85.1 Å². The lowest BCUT2D eigenvalue weighted by atomic mass is 10.2. The molecule has 0 saturated carbocycles. The van der Waals surface area contributed by atoms with Crippen LogP contribution in [-0.2, 0) is 10.0 Å². The van der Waals surface area contributed by atoms with Crippen molar-refractivity contribution in [1.82, 2.24) is 9.71 Å². The van der Waals surface area contributed by atoms with Gasteiger partial charge in [-0.05, 0) is 45.0 Å². The van der Waals surface area contributed by atoms with Crippen LogP contribution in [0.1, 0.15) is 28.5 Å². The van der Waals surface area contributed by atoms with Crippen molar-refractivity contribution in [2.45, 2.75) is 31.7 Å². The fraction of sp³-hybridized carbons (Fsp3) is 0.308. The van der Waals surface area contributed by atoms with Crippen molar-refractivity contribution in [3.63, 3.8) is 0 Å². The van der Waals surface area contributed by atoms with Crippen LogP contribution in [0, 0.1) is 13.8 Å². The van der Waals surface area contributed by atoms with E-state index in [4.69, 9.17) is 5.73 Å². The van der Waals surface area contributed by atoms with Crippen LogP contribution in [0.3, 0.4) is 0 Å². The Hall–Kier alpha value is -1.44. The van der Waals surface area contributed by atoms with E-state index in [0.717, 1.165) is 15.6 Å². The Morgan fingerprint density at radius 3 is 2.35 bits per heavy atom. The number of benzene rings is 1. The third-order valence-electron chi connectivity index (χ3n) is 2.86. The SMILES string of the molecule is Cc1nc(C)c(C(C)NS(=O)(=O)c2ccc(N)cc2)s1. The summed E-state index contributed by atoms with van der Waals surface area (Å²) in [6, 6.07) is 5.82. The number of nitrogens with one attached hydrogen (secondary N) is 1. The maximum Gasteiger partial charge on any atom is 0.241 e. The highest BCUT2D eigenvalue weighted by Gasteiger charge is 2.21. The highest BCUT2D eigenvalue weighted by molar-refractivity contribution is 7.89. The number of anilines is 1. The zero-order valence-corrected chi connectivity index (χ0v) is 13.2. The van der Waals surface area contributed by atoms with Crippen molar-refractivity contribution in [3.8, 4) is 0 Å². The summed E-state index contributed by atoms with van der Waals surface area (Å²) in [4.78, 5) is 5.45. The average Bonchev–Trinajstić information content (AvgIpc) is 2.68. The highest BCUT2D eigenvalue weighted by atomic mass is 32.2. The summed E-state index contributed by atoms with van der Waals surface area (Å²) >= 11 is 1.50. The standard InChI is InChI=1S/C13H17N3O2S2/c1-8-13(19-10(3)15-8)9(2)16-20(17,18)12-6-4-11(14)5-7-12/h4-7,9,16H,14H2,1-3H3. The number of nitrogens with zero attached hydrogens (tertiary/aromatic N) is 1. The van der Waals surface area contributed by atoms with E-state index in [-0.39, 0.29) is 10.9 Å². The van der Waals surface area contributed by atoms with Gasteiger partial charge in [-0.1, -0.05) is 0 Å². The van der Waals surface area contributed by atoms with Gasteiger partial charge in [0, 0.05) is 10.6 Å². The van der Waals surface area contributed by atoms with Crippen LogP contribution in [0.25, 0.3) is 0 Å². The molecule has 1 unspecified atom stereocenters. The Morgan fingerprint density at radius 2 is 1.85 bits per heavy atom. The number of hydrogen-bond acceptors (Lipinski definition) is 5. The summed E-state index contributed by atoms with van der Waals surface area (Å²) in [5.74, 6) is 0. The summed E-state index contributed by atoms with van der Waals surface area (Å²) < 4.78 is 27.2. The molecule has 0 saturated heterocycles. The molecular weight excluding hydrogens is 294 g/mol. The van der Waals surface area contributed by atoms with E-state index in [1.54, 1.807) is 12.1 Å². The second kappa shape index (κ2) is 5.51. The van der Waals surface area contributed by atoms with E-state index in [1.165, 1.54) is 23.5 Å². The molecule has 0 fully saturated rings. The molecule has 0 bridgehead atoms. The average molecular weight is 311 g/mol. The Balaban J connectivity index is 2.24. The molecule has 0 radical (unpaired) electrons. The molecule has 1 aromatic carbocycles. The molecule has 0 amide bonds. The minimum atomic E-state index is -3.56. The smallest absolute Gasteiger partial charge is 0.241 e. The first kappa shape index (κ1) is 15.0. The van der Waals surface area contributed by atoms with Crippen LogP contribution in [-0.4, -0.2) is 13.4 Å². The van der Waals surface area contributed by atoms with Crippen molar-refractivity contribution < 1.29 is 8.42 Å². The van der Waals surface area contributed by atoms with E-state index >= 15 is 0 Å². The van der Waals surface area contributed by atoms with Gasteiger partial charge < -0.3 is 5.73 Å². The Bertz CT molecular complexity index is 706. The molecule has 0 aliphatic carbocycles. The number of sulfonamides is 1. The number of thiazole rings is 1. The molecule has 2 aromatic rings. The van der Waals surface area contributed by atoms with Gasteiger partial charge in [-0.2, -0.15) is 0 Å². The van der Waals surface area contributed by atoms with Crippen molar-refractivity contribution in [2.24, 2.45) is 0 Å². The van der Waals surface area contributed by atoms with Gasteiger partial charge in [-0.15, -0.1) is 11.3 Å². The molecule has 3 N–H and O–H groups in total. The highest BCUT2D eigenvalue weighted by Crippen LogP contribution is 2.26. The van der Waals surface area contributed by atoms with Crippen LogP contribution in [0.15, 0.2) is 29.2 Å². The lowest BCUT2D eigenvalue weighted by Gasteiger charge is -2.13. The number of aromatic nitrogens is 1. The van der Waals surface area contributed by atoms with Gasteiger partial charge in [0.2, 0.25) is 10.0 Å². The Kier molecular flexibility index (Phi) is 4.12. The van der Waals surface area contributed by atoms with Crippen LogP contribution >= 0.6 is 11.3 Å². The number of aryl methyl sites for hydroxylation is 2. The molecule has 108 valence electrons. The molecule has 0 aliphatic heterocycles. The summed E-state index contributed by atoms with van der Waals surface area (Å²) in [5, 5.41) is 0.927. The molecule has 7 heteroatoms. The maximum atomic E-state index is 12.3. The predicted molar refractivity (Wildman–Crippen MR) is 81.2 cm³/mol. The molecule has 0 spiro atoms. The van der Waals surface area contributed by atoms with Gasteiger partial charge in [-0.25, -0.2) is 18.1 Å². The zero-order chi connectivity index (χ0) is 14.9. The van der Waals surface area contributed by atoms with Crippen LogP contribution < -0.4 is 10.5 Å². The minimum absolute atomic E-state index is 0.206. The number of nitrogen functional groups attached to an aromatic ring is 1. The summed E-state index contributed by atoms with van der Waals surface area (Å²) in [7, 11) is -3.56. The lowest BCUT2D eigenvalue weighted by molar-refractivity contribution is 0.568. The normalized spacial score (nSPS) is 13.3. The van der Waals surface area contributed by atoms with E-state index < -0.39 is 10.0 Å². The van der Waals surface area contributed by atoms with E-state index in [9.17, 15) is 8.42 Å². The zero-order valence-electron chi connectivity index (χ0n) is 11.5. The van der Waals surface area contributed by atoms with Gasteiger partial charge in [0.05, 0.1) is 21.6 Å². The maximum absolute atomic E-state index is 12.3. The van der Waals surface area contributed by atoms with Crippen molar-refractivity contribution in [2.75, 3.05) is 5.73 Å². The quantitative estimate of drug-likeness (QED) is 0.849. The van der Waals surface area contributed by atoms with Crippen LogP contribution in [0.5, 0.6) is 0 Å². The predicted octanol–water partition coefficient (Wildman–Crippen LogP) is 2.38. The van der Waals surface area contributed by atoms with Crippen molar-refractivity contribution in [1.29, 1.82) is 0 Å². The minimum Gasteiger partial charge on any atom is -0.399 e. The Morgan fingerprint density at radius 1 is 1.25 bits per heavy atom. The first-order valence-corrected chi connectivity index (χ1v) is 8.41. The molecular formula is C13H17N3O2S2. The van der Waals surface area contributed by atoms with Gasteiger partial charge >= 0.3 is 0 Å². The fourth-order valence-electron chi connectivity index (χ4n) is 1.95. The van der Waals surface area contributed by atoms with Gasteiger partial charge in [0.15, 0.2) is 0 Å². The number of nitrogens with two attached hydrogens (primary N) is 1. The fourth-order valence-corrected chi connectivity index (χ4v) is 4.17. The second-order valence-electron chi connectivity index (χ2n) is 4.59. The van der Waals surface area contributed by atoms with Gasteiger partial charge in [0.25, 0.3) is 0 Å². The third kappa shape index (κ3) is 3.17. The van der Waals surface area contributed by atoms with Gasteiger partial charge in [-0.3, -0.25) is 0 Å². The monoisotopic (exact) mass is 311 g/mol. The second-order valence-corrected chi connectivity index (χ2v) is 7.54. The van der Waals surface area contributed by atoms with Crippen molar-refractivity contribution >= 4 is 27.0 Å². The molecule has 1 heterocycles. The molecule has 1 atom stereocenters. The van der Waals surface area contributed by atoms with Crippen molar-refractivity contribution in [3.05, 3.63) is 39.8 Å². The first-order valence-electron chi connectivity index (χ1n) is 6.11. The molecule has 2 rings (SSSR count). The number of hydrogen-bond donors (Lipinski definition) is 2. The molecule has 5 nitrogen and oxygen atoms in total. The number of rotatable bonds is 4. The summed E-state index contributed by atoms with van der Waals surface area (Å²) in [5.41, 5.74) is 6.96. The Labute approximate surface area is 122 Å². The molecule has 1 aromatic heterocycles. The van der Waals surface area contributed by atoms with E-state index in [0.29, 0.717) is 5.69 Å². The van der Waals surface area contributed by atoms with Gasteiger partial charge in [0.1, 0.15) is 0 Å². The summed E-state index contributed by atoms with van der Waals surface area (Å²) in [6.45, 7) is 5.60. The van der Waals surface area contributed by atoms with E-state index in [1.807, 2.05) is 20.8 Å². The van der Waals surface area contributed by atoms with Crippen LogP contribution in [0.4, 0.5) is 5.69 Å². The van der Waals surface area contributed by atoms with Crippen LogP contribution in [0.2, 0.25) is 0 Å². The first-order chi connectivity index (χ1) is 9.29. The largest absolute Gasteiger partial charge is 0.399 e. The molecule has 20 heavy (non-hydrogen) atoms. The molecule has 0 aliphatic rings. The third-order valence-corrected chi connectivity index (χ3v) is 5.67.